The molecular formula is C35H45N3O5. The molecule has 2 N–H and O–H groups in total. The number of unbranched alkanes of at least 4 members (excludes halogenated alkanes) is 2. The fraction of sp³-hybridized carbons (Fsp3) is 0.429. The van der Waals surface area contributed by atoms with Crippen molar-refractivity contribution in [1.29, 1.82) is 0 Å². The lowest BCUT2D eigenvalue weighted by atomic mass is 10.1. The van der Waals surface area contributed by atoms with Gasteiger partial charge in [0.15, 0.2) is 0 Å². The first kappa shape index (κ1) is 32.0. The molecule has 0 aliphatic carbocycles. The van der Waals surface area contributed by atoms with Crippen molar-refractivity contribution < 1.29 is 24.5 Å². The Balaban J connectivity index is 1.21. The molecule has 1 aliphatic rings. The summed E-state index contributed by atoms with van der Waals surface area (Å²) in [6.45, 7) is 8.35. The Morgan fingerprint density at radius 3 is 2.21 bits per heavy atom. The second kappa shape index (κ2) is 17.3. The quantitative estimate of drug-likeness (QED) is 0.184. The number of aliphatic carboxylic acids is 1. The Morgan fingerprint density at radius 2 is 1.49 bits per heavy atom. The van der Waals surface area contributed by atoms with Crippen LogP contribution in [0.2, 0.25) is 0 Å². The van der Waals surface area contributed by atoms with Crippen molar-refractivity contribution in [1.82, 2.24) is 9.80 Å². The van der Waals surface area contributed by atoms with Gasteiger partial charge in [-0.05, 0) is 86.7 Å². The maximum Gasteiger partial charge on any atom is 0.335 e. The summed E-state index contributed by atoms with van der Waals surface area (Å²) in [7, 11) is 0. The lowest BCUT2D eigenvalue weighted by Crippen LogP contribution is -2.46. The second-order valence-electron chi connectivity index (χ2n) is 11.2. The van der Waals surface area contributed by atoms with Gasteiger partial charge in [-0.2, -0.15) is 0 Å². The van der Waals surface area contributed by atoms with Crippen molar-refractivity contribution in [3.05, 3.63) is 95.6 Å². The number of piperazine rings is 1. The minimum atomic E-state index is -0.935. The van der Waals surface area contributed by atoms with Crippen molar-refractivity contribution >= 4 is 17.6 Å². The minimum absolute atomic E-state index is 0.168. The number of nitrogens with zero attached hydrogens (tertiary/aromatic N) is 3. The lowest BCUT2D eigenvalue weighted by Gasteiger charge is -2.36. The van der Waals surface area contributed by atoms with Crippen LogP contribution in [-0.4, -0.2) is 84.4 Å². The predicted octanol–water partition coefficient (Wildman–Crippen LogP) is 5.67. The highest BCUT2D eigenvalue weighted by Crippen LogP contribution is 2.21. The molecule has 0 atom stereocenters. The van der Waals surface area contributed by atoms with Crippen LogP contribution in [0.3, 0.4) is 0 Å². The topological polar surface area (TPSA) is 93.5 Å². The van der Waals surface area contributed by atoms with E-state index in [1.54, 1.807) is 12.1 Å². The molecule has 0 saturated carbocycles. The van der Waals surface area contributed by atoms with Gasteiger partial charge < -0.3 is 19.8 Å². The minimum Gasteiger partial charge on any atom is -0.493 e. The number of anilines is 1. The molecule has 0 amide bonds. The zero-order valence-corrected chi connectivity index (χ0v) is 25.1. The molecule has 1 fully saturated rings. The number of rotatable bonds is 18. The molecule has 3 aromatic carbocycles. The van der Waals surface area contributed by atoms with E-state index in [-0.39, 0.29) is 12.0 Å². The molecule has 0 unspecified atom stereocenters. The van der Waals surface area contributed by atoms with Crippen molar-refractivity contribution in [2.75, 3.05) is 57.3 Å². The van der Waals surface area contributed by atoms with Gasteiger partial charge in [0.1, 0.15) is 5.75 Å². The first-order valence-electron chi connectivity index (χ1n) is 15.5. The first-order valence-corrected chi connectivity index (χ1v) is 15.5. The maximum atomic E-state index is 11.2. The van der Waals surface area contributed by atoms with Crippen LogP contribution in [0.25, 0.3) is 0 Å². The Morgan fingerprint density at radius 1 is 0.767 bits per heavy atom. The van der Waals surface area contributed by atoms with Crippen LogP contribution in [0.5, 0.6) is 5.75 Å². The number of aromatic carboxylic acids is 1. The van der Waals surface area contributed by atoms with E-state index in [0.717, 1.165) is 88.4 Å². The molecule has 1 heterocycles. The van der Waals surface area contributed by atoms with E-state index >= 15 is 0 Å². The highest BCUT2D eigenvalue weighted by atomic mass is 16.5. The number of para-hydroxylation sites is 2. The van der Waals surface area contributed by atoms with E-state index in [9.17, 15) is 14.7 Å². The summed E-state index contributed by atoms with van der Waals surface area (Å²) in [6.07, 6.45) is 4.52. The summed E-state index contributed by atoms with van der Waals surface area (Å²) in [5, 5.41) is 18.2. The van der Waals surface area contributed by atoms with Gasteiger partial charge in [0.05, 0.1) is 12.2 Å². The van der Waals surface area contributed by atoms with Crippen LogP contribution >= 0.6 is 0 Å². The molecule has 0 aromatic heterocycles. The predicted molar refractivity (Wildman–Crippen MR) is 170 cm³/mol. The number of benzene rings is 3. The molecule has 8 nitrogen and oxygen atoms in total. The van der Waals surface area contributed by atoms with Gasteiger partial charge in [-0.1, -0.05) is 48.5 Å². The lowest BCUT2D eigenvalue weighted by molar-refractivity contribution is -0.137. The number of hydrogen-bond acceptors (Lipinski definition) is 6. The normalized spacial score (nSPS) is 13.7. The van der Waals surface area contributed by atoms with Gasteiger partial charge in [0, 0.05) is 51.4 Å². The maximum absolute atomic E-state index is 11.2. The van der Waals surface area contributed by atoms with E-state index in [4.69, 9.17) is 9.84 Å². The smallest absolute Gasteiger partial charge is 0.335 e. The highest BCUT2D eigenvalue weighted by Gasteiger charge is 2.16. The Kier molecular flexibility index (Phi) is 12.9. The highest BCUT2D eigenvalue weighted by molar-refractivity contribution is 5.87. The third-order valence-corrected chi connectivity index (χ3v) is 8.01. The van der Waals surface area contributed by atoms with Crippen LogP contribution in [0.1, 0.15) is 53.6 Å². The SMILES string of the molecule is O=C(O)CCCCN(CCc1ccccc1OCCCCN1CCN(c2ccccc2)CC1)Cc1ccc(C(=O)O)cc1. The number of carboxylic acids is 2. The molecule has 0 radical (unpaired) electrons. The molecular weight excluding hydrogens is 542 g/mol. The number of ether oxygens (including phenoxy) is 1. The van der Waals surface area contributed by atoms with Crippen molar-refractivity contribution in [2.24, 2.45) is 0 Å². The summed E-state index contributed by atoms with van der Waals surface area (Å²) in [5.74, 6) is -0.779. The van der Waals surface area contributed by atoms with Crippen LogP contribution < -0.4 is 9.64 Å². The van der Waals surface area contributed by atoms with Crippen molar-refractivity contribution in [3.63, 3.8) is 0 Å². The molecule has 8 heteroatoms. The zero-order valence-electron chi connectivity index (χ0n) is 25.1. The van der Waals surface area contributed by atoms with E-state index in [1.165, 1.54) is 5.69 Å². The third kappa shape index (κ3) is 11.0. The van der Waals surface area contributed by atoms with Crippen LogP contribution in [-0.2, 0) is 17.8 Å². The second-order valence-corrected chi connectivity index (χ2v) is 11.2. The van der Waals surface area contributed by atoms with Crippen molar-refractivity contribution in [2.45, 2.75) is 45.1 Å². The average Bonchev–Trinajstić information content (AvgIpc) is 3.03. The van der Waals surface area contributed by atoms with Gasteiger partial charge in [-0.25, -0.2) is 4.79 Å². The average molecular weight is 588 g/mol. The van der Waals surface area contributed by atoms with Crippen molar-refractivity contribution in [3.8, 4) is 5.75 Å². The van der Waals surface area contributed by atoms with Gasteiger partial charge in [0.2, 0.25) is 0 Å². The van der Waals surface area contributed by atoms with Gasteiger partial charge >= 0.3 is 11.9 Å². The number of carboxylic acid groups (broad SMARTS) is 2. The summed E-state index contributed by atoms with van der Waals surface area (Å²) >= 11 is 0. The molecule has 3 aromatic rings. The zero-order chi connectivity index (χ0) is 30.3. The molecule has 230 valence electrons. The standard InChI is InChI=1S/C35H45N3O5/c39-34(40)14-6-7-21-37(28-29-15-17-31(18-16-29)35(41)42)22-19-30-10-4-5-13-33(30)43-27-9-8-20-36-23-25-38(26-24-36)32-11-2-1-3-12-32/h1-5,10-13,15-18H,6-9,14,19-28H2,(H,39,40)(H,41,42). The van der Waals surface area contributed by atoms with Gasteiger partial charge in [0.25, 0.3) is 0 Å². The van der Waals surface area contributed by atoms with Crippen LogP contribution in [0.15, 0.2) is 78.9 Å². The summed E-state index contributed by atoms with van der Waals surface area (Å²) in [4.78, 5) is 29.5. The van der Waals surface area contributed by atoms with Crippen LogP contribution in [0, 0.1) is 0 Å². The molecule has 4 rings (SSSR count). The molecule has 0 bridgehead atoms. The first-order chi connectivity index (χ1) is 21.0. The van der Waals surface area contributed by atoms with E-state index in [0.29, 0.717) is 19.6 Å². The Labute approximate surface area is 255 Å². The molecule has 1 saturated heterocycles. The summed E-state index contributed by atoms with van der Waals surface area (Å²) in [6, 6.07) is 25.8. The molecule has 0 spiro atoms. The summed E-state index contributed by atoms with van der Waals surface area (Å²) in [5.41, 5.74) is 3.78. The molecule has 1 aliphatic heterocycles. The Bertz CT molecular complexity index is 1260. The fourth-order valence-corrected chi connectivity index (χ4v) is 5.51. The van der Waals surface area contributed by atoms with E-state index < -0.39 is 11.9 Å². The number of carbonyl (C=O) groups is 2. The third-order valence-electron chi connectivity index (χ3n) is 8.01. The number of hydrogen-bond donors (Lipinski definition) is 2. The van der Waals surface area contributed by atoms with E-state index in [2.05, 4.69) is 51.1 Å². The van der Waals surface area contributed by atoms with Gasteiger partial charge in [-0.3, -0.25) is 14.6 Å². The van der Waals surface area contributed by atoms with Crippen LogP contribution in [0.4, 0.5) is 5.69 Å². The van der Waals surface area contributed by atoms with Gasteiger partial charge in [-0.15, -0.1) is 0 Å². The monoisotopic (exact) mass is 587 g/mol. The Hall–Kier alpha value is -3.88. The largest absolute Gasteiger partial charge is 0.493 e. The molecule has 43 heavy (non-hydrogen) atoms. The summed E-state index contributed by atoms with van der Waals surface area (Å²) < 4.78 is 6.25. The van der Waals surface area contributed by atoms with E-state index in [1.807, 2.05) is 30.3 Å². The fourth-order valence-electron chi connectivity index (χ4n) is 5.51.